The molecule has 118 valence electrons. The number of nitrogens with one attached hydrogen (secondary N) is 1. The van der Waals surface area contributed by atoms with Gasteiger partial charge in [-0.3, -0.25) is 0 Å². The quantitative estimate of drug-likeness (QED) is 0.871. The summed E-state index contributed by atoms with van der Waals surface area (Å²) in [7, 11) is 4.36. The Morgan fingerprint density at radius 2 is 2.00 bits per heavy atom. The van der Waals surface area contributed by atoms with Crippen LogP contribution in [0.3, 0.4) is 0 Å². The second-order valence-corrected chi connectivity index (χ2v) is 6.73. The van der Waals surface area contributed by atoms with Gasteiger partial charge in [0.15, 0.2) is 0 Å². The molecule has 0 aromatic carbocycles. The van der Waals surface area contributed by atoms with Crippen LogP contribution >= 0.6 is 0 Å². The Morgan fingerprint density at radius 3 is 2.52 bits per heavy atom. The minimum absolute atomic E-state index is 0.690. The molecular formula is C17H30N4. The molecule has 0 saturated carbocycles. The predicted molar refractivity (Wildman–Crippen MR) is 89.7 cm³/mol. The third kappa shape index (κ3) is 4.97. The smallest absolute Gasteiger partial charge is 0.128 e. The van der Waals surface area contributed by atoms with Gasteiger partial charge in [-0.15, -0.1) is 0 Å². The summed E-state index contributed by atoms with van der Waals surface area (Å²) in [6.07, 6.45) is 4.47. The van der Waals surface area contributed by atoms with E-state index in [0.29, 0.717) is 5.92 Å². The summed E-state index contributed by atoms with van der Waals surface area (Å²) in [5, 5.41) is 3.46. The second-order valence-electron chi connectivity index (χ2n) is 6.73. The molecule has 0 aliphatic carbocycles. The summed E-state index contributed by atoms with van der Waals surface area (Å²) in [6, 6.07) is 5.09. The van der Waals surface area contributed by atoms with E-state index in [0.717, 1.165) is 38.0 Å². The van der Waals surface area contributed by atoms with Crippen molar-refractivity contribution in [2.24, 2.45) is 5.92 Å². The monoisotopic (exact) mass is 290 g/mol. The van der Waals surface area contributed by atoms with Gasteiger partial charge in [0.05, 0.1) is 0 Å². The SMILES string of the molecule is CC(C)CNCc1ccc(N2CCC(N(C)C)CC2)nc1. The van der Waals surface area contributed by atoms with Gasteiger partial charge in [-0.05, 0) is 51.0 Å². The van der Waals surface area contributed by atoms with Crippen LogP contribution in [0, 0.1) is 5.92 Å². The summed E-state index contributed by atoms with van der Waals surface area (Å²) in [4.78, 5) is 9.39. The molecule has 1 aromatic rings. The Labute approximate surface area is 129 Å². The van der Waals surface area contributed by atoms with Crippen LogP contribution in [-0.2, 0) is 6.54 Å². The molecular weight excluding hydrogens is 260 g/mol. The number of hydrogen-bond donors (Lipinski definition) is 1. The molecule has 1 aromatic heterocycles. The summed E-state index contributed by atoms with van der Waals surface area (Å²) in [5.41, 5.74) is 1.27. The van der Waals surface area contributed by atoms with E-state index in [2.05, 4.69) is 60.2 Å². The van der Waals surface area contributed by atoms with E-state index in [1.165, 1.54) is 18.4 Å². The number of nitrogens with zero attached hydrogens (tertiary/aromatic N) is 3. The highest BCUT2D eigenvalue weighted by Crippen LogP contribution is 2.20. The van der Waals surface area contributed by atoms with Gasteiger partial charge in [0.25, 0.3) is 0 Å². The molecule has 4 nitrogen and oxygen atoms in total. The van der Waals surface area contributed by atoms with Crippen molar-refractivity contribution >= 4 is 5.82 Å². The maximum Gasteiger partial charge on any atom is 0.128 e. The summed E-state index contributed by atoms with van der Waals surface area (Å²) < 4.78 is 0. The standard InChI is InChI=1S/C17H30N4/c1-14(2)11-18-12-15-5-6-17(19-13-15)21-9-7-16(8-10-21)20(3)4/h5-6,13-14,16,18H,7-12H2,1-4H3. The van der Waals surface area contributed by atoms with Crippen molar-refractivity contribution < 1.29 is 0 Å². The van der Waals surface area contributed by atoms with Gasteiger partial charge in [-0.2, -0.15) is 0 Å². The molecule has 2 heterocycles. The fourth-order valence-corrected chi connectivity index (χ4v) is 2.82. The lowest BCUT2D eigenvalue weighted by molar-refractivity contribution is 0.249. The Balaban J connectivity index is 1.82. The number of pyridine rings is 1. The molecule has 1 saturated heterocycles. The van der Waals surface area contributed by atoms with Crippen molar-refractivity contribution in [3.8, 4) is 0 Å². The molecule has 0 spiro atoms. The molecule has 0 unspecified atom stereocenters. The van der Waals surface area contributed by atoms with Crippen LogP contribution in [0.1, 0.15) is 32.3 Å². The predicted octanol–water partition coefficient (Wildman–Crippen LogP) is 2.36. The first kappa shape index (κ1) is 16.2. The second kappa shape index (κ2) is 7.76. The maximum absolute atomic E-state index is 4.64. The third-order valence-electron chi connectivity index (χ3n) is 4.21. The van der Waals surface area contributed by atoms with E-state index in [4.69, 9.17) is 0 Å². The van der Waals surface area contributed by atoms with Crippen LogP contribution in [-0.4, -0.2) is 49.7 Å². The number of aromatic nitrogens is 1. The lowest BCUT2D eigenvalue weighted by Gasteiger charge is -2.35. The Bertz CT molecular complexity index is 405. The fraction of sp³-hybridized carbons (Fsp3) is 0.706. The van der Waals surface area contributed by atoms with Crippen LogP contribution in [0.4, 0.5) is 5.82 Å². The maximum atomic E-state index is 4.64. The summed E-state index contributed by atoms with van der Waals surface area (Å²) in [5.74, 6) is 1.81. The zero-order valence-corrected chi connectivity index (χ0v) is 14.0. The Kier molecular flexibility index (Phi) is 6.00. The molecule has 1 N–H and O–H groups in total. The van der Waals surface area contributed by atoms with Gasteiger partial charge in [0, 0.05) is 31.9 Å². The average Bonchev–Trinajstić information content (AvgIpc) is 2.48. The highest BCUT2D eigenvalue weighted by Gasteiger charge is 2.21. The van der Waals surface area contributed by atoms with Crippen molar-refractivity contribution in [1.82, 2.24) is 15.2 Å². The van der Waals surface area contributed by atoms with Gasteiger partial charge < -0.3 is 15.1 Å². The van der Waals surface area contributed by atoms with E-state index in [-0.39, 0.29) is 0 Å². The van der Waals surface area contributed by atoms with E-state index in [9.17, 15) is 0 Å². The molecule has 4 heteroatoms. The lowest BCUT2D eigenvalue weighted by Crippen LogP contribution is -2.42. The highest BCUT2D eigenvalue weighted by molar-refractivity contribution is 5.39. The zero-order valence-electron chi connectivity index (χ0n) is 14.0. The van der Waals surface area contributed by atoms with Gasteiger partial charge in [0.1, 0.15) is 5.82 Å². The van der Waals surface area contributed by atoms with E-state index < -0.39 is 0 Å². The third-order valence-corrected chi connectivity index (χ3v) is 4.21. The lowest BCUT2D eigenvalue weighted by atomic mass is 10.0. The number of rotatable bonds is 6. The zero-order chi connectivity index (χ0) is 15.2. The molecule has 1 aliphatic rings. The van der Waals surface area contributed by atoms with Crippen LogP contribution in [0.5, 0.6) is 0 Å². The minimum Gasteiger partial charge on any atom is -0.357 e. The Morgan fingerprint density at radius 1 is 1.29 bits per heavy atom. The first-order valence-electron chi connectivity index (χ1n) is 8.13. The Hall–Kier alpha value is -1.13. The molecule has 0 amide bonds. The van der Waals surface area contributed by atoms with Crippen molar-refractivity contribution in [2.45, 2.75) is 39.3 Å². The van der Waals surface area contributed by atoms with Crippen molar-refractivity contribution in [1.29, 1.82) is 0 Å². The van der Waals surface area contributed by atoms with Crippen LogP contribution < -0.4 is 10.2 Å². The number of piperidine rings is 1. The largest absolute Gasteiger partial charge is 0.357 e. The molecule has 1 fully saturated rings. The van der Waals surface area contributed by atoms with Crippen LogP contribution in [0.2, 0.25) is 0 Å². The van der Waals surface area contributed by atoms with Gasteiger partial charge in [0.2, 0.25) is 0 Å². The van der Waals surface area contributed by atoms with E-state index >= 15 is 0 Å². The van der Waals surface area contributed by atoms with Gasteiger partial charge >= 0.3 is 0 Å². The topological polar surface area (TPSA) is 31.4 Å². The van der Waals surface area contributed by atoms with Crippen molar-refractivity contribution in [3.63, 3.8) is 0 Å². The normalized spacial score (nSPS) is 17.0. The minimum atomic E-state index is 0.690. The number of anilines is 1. The number of hydrogen-bond acceptors (Lipinski definition) is 4. The molecule has 21 heavy (non-hydrogen) atoms. The fourth-order valence-electron chi connectivity index (χ4n) is 2.82. The molecule has 0 bridgehead atoms. The highest BCUT2D eigenvalue weighted by atomic mass is 15.2. The molecule has 0 radical (unpaired) electrons. The summed E-state index contributed by atoms with van der Waals surface area (Å²) in [6.45, 7) is 8.65. The van der Waals surface area contributed by atoms with Gasteiger partial charge in [-0.25, -0.2) is 4.98 Å². The van der Waals surface area contributed by atoms with Crippen molar-refractivity contribution in [3.05, 3.63) is 23.9 Å². The molecule has 2 rings (SSSR count). The van der Waals surface area contributed by atoms with E-state index in [1.54, 1.807) is 0 Å². The average molecular weight is 290 g/mol. The van der Waals surface area contributed by atoms with Crippen molar-refractivity contribution in [2.75, 3.05) is 38.6 Å². The summed E-state index contributed by atoms with van der Waals surface area (Å²) >= 11 is 0. The first-order chi connectivity index (χ1) is 10.1. The first-order valence-corrected chi connectivity index (χ1v) is 8.13. The van der Waals surface area contributed by atoms with Crippen LogP contribution in [0.25, 0.3) is 0 Å². The molecule has 1 aliphatic heterocycles. The van der Waals surface area contributed by atoms with Crippen LogP contribution in [0.15, 0.2) is 18.3 Å². The van der Waals surface area contributed by atoms with Gasteiger partial charge in [-0.1, -0.05) is 19.9 Å². The molecule has 0 atom stereocenters. The van der Waals surface area contributed by atoms with E-state index in [1.807, 2.05) is 6.20 Å².